The number of benzene rings is 2. The Hall–Kier alpha value is -2.66. The number of hydrogen-bond acceptors (Lipinski definition) is 3. The van der Waals surface area contributed by atoms with E-state index in [9.17, 15) is 4.39 Å². The third-order valence-corrected chi connectivity index (χ3v) is 5.16. The summed E-state index contributed by atoms with van der Waals surface area (Å²) in [5.74, 6) is 0.686. The fourth-order valence-electron chi connectivity index (χ4n) is 3.61. The lowest BCUT2D eigenvalue weighted by molar-refractivity contribution is 0.148. The van der Waals surface area contributed by atoms with Crippen molar-refractivity contribution < 1.29 is 9.13 Å². The Kier molecular flexibility index (Phi) is 4.70. The van der Waals surface area contributed by atoms with Gasteiger partial charge in [0.05, 0.1) is 11.4 Å². The van der Waals surface area contributed by atoms with Crippen molar-refractivity contribution in [1.29, 1.82) is 0 Å². The zero-order chi connectivity index (χ0) is 19.0. The predicted octanol–water partition coefficient (Wildman–Crippen LogP) is 4.32. The van der Waals surface area contributed by atoms with Crippen LogP contribution in [0.4, 0.5) is 4.39 Å². The van der Waals surface area contributed by atoms with Crippen molar-refractivity contribution in [3.8, 4) is 16.9 Å². The summed E-state index contributed by atoms with van der Waals surface area (Å²) in [6.07, 6.45) is 0. The summed E-state index contributed by atoms with van der Waals surface area (Å²) >= 11 is 0. The first-order valence-electron chi connectivity index (χ1n) is 9.25. The second kappa shape index (κ2) is 7.16. The van der Waals surface area contributed by atoms with E-state index in [4.69, 9.17) is 4.74 Å². The molecule has 5 heteroatoms. The van der Waals surface area contributed by atoms with Gasteiger partial charge in [-0.3, -0.25) is 9.58 Å². The molecule has 0 spiro atoms. The maximum absolute atomic E-state index is 13.6. The van der Waals surface area contributed by atoms with Crippen LogP contribution in [-0.4, -0.2) is 27.3 Å². The first kappa shape index (κ1) is 17.7. The van der Waals surface area contributed by atoms with E-state index >= 15 is 0 Å². The van der Waals surface area contributed by atoms with Gasteiger partial charge in [-0.2, -0.15) is 5.10 Å². The predicted molar refractivity (Wildman–Crippen MR) is 104 cm³/mol. The van der Waals surface area contributed by atoms with E-state index in [1.807, 2.05) is 36.9 Å². The Balaban J connectivity index is 1.64. The quantitative estimate of drug-likeness (QED) is 0.693. The smallest absolute Gasteiger partial charge is 0.123 e. The molecule has 0 unspecified atom stereocenters. The molecule has 0 fully saturated rings. The topological polar surface area (TPSA) is 30.3 Å². The summed E-state index contributed by atoms with van der Waals surface area (Å²) in [5.41, 5.74) is 5.22. The van der Waals surface area contributed by atoms with Crippen molar-refractivity contribution in [3.63, 3.8) is 0 Å². The molecule has 1 aliphatic rings. The van der Waals surface area contributed by atoms with Crippen LogP contribution in [0, 0.1) is 12.7 Å². The number of aromatic nitrogens is 2. The van der Waals surface area contributed by atoms with Gasteiger partial charge in [-0.05, 0) is 55.3 Å². The van der Waals surface area contributed by atoms with Crippen LogP contribution >= 0.6 is 0 Å². The van der Waals surface area contributed by atoms with Gasteiger partial charge in [0.25, 0.3) is 0 Å². The van der Waals surface area contributed by atoms with Crippen molar-refractivity contribution in [2.24, 2.45) is 7.05 Å². The molecule has 0 bridgehead atoms. The summed E-state index contributed by atoms with van der Waals surface area (Å²) in [4.78, 5) is 2.40. The molecule has 0 amide bonds. The molecule has 140 valence electrons. The zero-order valence-electron chi connectivity index (χ0n) is 15.9. The molecule has 2 aromatic carbocycles. The number of aryl methyl sites for hydroxylation is 2. The van der Waals surface area contributed by atoms with E-state index < -0.39 is 0 Å². The molecule has 1 aliphatic heterocycles. The van der Waals surface area contributed by atoms with Crippen LogP contribution in [0.3, 0.4) is 0 Å². The second-order valence-corrected chi connectivity index (χ2v) is 7.30. The van der Waals surface area contributed by atoms with E-state index in [2.05, 4.69) is 29.1 Å². The third-order valence-electron chi connectivity index (χ3n) is 5.16. The van der Waals surface area contributed by atoms with Gasteiger partial charge in [-0.15, -0.1) is 0 Å². The molecular weight excluding hydrogens is 341 g/mol. The highest BCUT2D eigenvalue weighted by atomic mass is 19.1. The molecule has 0 radical (unpaired) electrons. The monoisotopic (exact) mass is 365 g/mol. The highest BCUT2D eigenvalue weighted by Crippen LogP contribution is 2.31. The third kappa shape index (κ3) is 3.74. The number of ether oxygens (including phenoxy) is 1. The number of hydrogen-bond donors (Lipinski definition) is 0. The largest absolute Gasteiger partial charge is 0.492 e. The SMILES string of the molecule is Cc1cc(CN2Cc3cc(-c4cccc(F)c4)ccc3OC[C@@H]2C)n(C)n1. The van der Waals surface area contributed by atoms with E-state index in [-0.39, 0.29) is 11.9 Å². The van der Waals surface area contributed by atoms with Crippen LogP contribution in [0.1, 0.15) is 23.9 Å². The lowest BCUT2D eigenvalue weighted by atomic mass is 10.0. The molecule has 1 aromatic heterocycles. The summed E-state index contributed by atoms with van der Waals surface area (Å²) in [5, 5.41) is 4.45. The molecular formula is C22H24FN3O. The van der Waals surface area contributed by atoms with Gasteiger partial charge in [0.2, 0.25) is 0 Å². The van der Waals surface area contributed by atoms with E-state index in [1.165, 1.54) is 11.8 Å². The number of nitrogens with zero attached hydrogens (tertiary/aromatic N) is 3. The molecule has 2 heterocycles. The molecule has 0 saturated heterocycles. The van der Waals surface area contributed by atoms with Crippen molar-refractivity contribution in [3.05, 3.63) is 71.3 Å². The minimum Gasteiger partial charge on any atom is -0.492 e. The average molecular weight is 365 g/mol. The van der Waals surface area contributed by atoms with Gasteiger partial charge in [-0.1, -0.05) is 18.2 Å². The van der Waals surface area contributed by atoms with Gasteiger partial charge in [0.15, 0.2) is 0 Å². The van der Waals surface area contributed by atoms with Gasteiger partial charge >= 0.3 is 0 Å². The van der Waals surface area contributed by atoms with Crippen molar-refractivity contribution in [2.45, 2.75) is 33.0 Å². The minimum absolute atomic E-state index is 0.222. The molecule has 4 nitrogen and oxygen atoms in total. The van der Waals surface area contributed by atoms with Crippen molar-refractivity contribution in [2.75, 3.05) is 6.61 Å². The lowest BCUT2D eigenvalue weighted by Crippen LogP contribution is -2.35. The maximum Gasteiger partial charge on any atom is 0.123 e. The summed E-state index contributed by atoms with van der Waals surface area (Å²) < 4.78 is 21.6. The minimum atomic E-state index is -0.222. The lowest BCUT2D eigenvalue weighted by Gasteiger charge is -2.26. The standard InChI is InChI=1S/C22H24FN3O/c1-15-9-21(25(3)24-15)13-26-12-19-10-18(17-5-4-6-20(23)11-17)7-8-22(19)27-14-16(26)2/h4-11,16H,12-14H2,1-3H3/t16-/m0/s1. The van der Waals surface area contributed by atoms with Crippen LogP contribution in [0.5, 0.6) is 5.75 Å². The van der Waals surface area contributed by atoms with Gasteiger partial charge < -0.3 is 4.74 Å². The molecule has 0 aliphatic carbocycles. The molecule has 3 aromatic rings. The molecule has 0 N–H and O–H groups in total. The Bertz CT molecular complexity index is 966. The van der Waals surface area contributed by atoms with E-state index in [0.717, 1.165) is 41.2 Å². The Morgan fingerprint density at radius 2 is 1.96 bits per heavy atom. The Labute approximate surface area is 159 Å². The molecule has 27 heavy (non-hydrogen) atoms. The van der Waals surface area contributed by atoms with Crippen LogP contribution < -0.4 is 4.74 Å². The van der Waals surface area contributed by atoms with Gasteiger partial charge in [-0.25, -0.2) is 4.39 Å². The summed E-state index contributed by atoms with van der Waals surface area (Å²) in [6, 6.07) is 15.2. The van der Waals surface area contributed by atoms with Crippen LogP contribution in [0.25, 0.3) is 11.1 Å². The fraction of sp³-hybridized carbons (Fsp3) is 0.318. The Morgan fingerprint density at radius 1 is 1.15 bits per heavy atom. The van der Waals surface area contributed by atoms with Crippen molar-refractivity contribution in [1.82, 2.24) is 14.7 Å². The summed E-state index contributed by atoms with van der Waals surface area (Å²) in [7, 11) is 1.98. The first-order valence-corrected chi connectivity index (χ1v) is 9.25. The van der Waals surface area contributed by atoms with Gasteiger partial charge in [0.1, 0.15) is 18.2 Å². The van der Waals surface area contributed by atoms with Crippen LogP contribution in [0.15, 0.2) is 48.5 Å². The molecule has 4 rings (SSSR count). The molecule has 0 saturated carbocycles. The van der Waals surface area contributed by atoms with Crippen molar-refractivity contribution >= 4 is 0 Å². The zero-order valence-corrected chi connectivity index (χ0v) is 15.9. The number of halogens is 1. The van der Waals surface area contributed by atoms with Crippen LogP contribution in [-0.2, 0) is 20.1 Å². The maximum atomic E-state index is 13.6. The highest BCUT2D eigenvalue weighted by Gasteiger charge is 2.23. The Morgan fingerprint density at radius 3 is 2.70 bits per heavy atom. The average Bonchev–Trinajstić information content (AvgIpc) is 2.87. The number of rotatable bonds is 3. The number of fused-ring (bicyclic) bond motifs is 1. The normalized spacial score (nSPS) is 17.3. The van der Waals surface area contributed by atoms with E-state index in [1.54, 1.807) is 12.1 Å². The fourth-order valence-corrected chi connectivity index (χ4v) is 3.61. The first-order chi connectivity index (χ1) is 13.0. The van der Waals surface area contributed by atoms with E-state index in [0.29, 0.717) is 6.61 Å². The second-order valence-electron chi connectivity index (χ2n) is 7.30. The van der Waals surface area contributed by atoms with Crippen LogP contribution in [0.2, 0.25) is 0 Å². The summed E-state index contributed by atoms with van der Waals surface area (Å²) in [6.45, 7) is 6.43. The highest BCUT2D eigenvalue weighted by molar-refractivity contribution is 5.65. The molecule has 1 atom stereocenters. The van der Waals surface area contributed by atoms with Gasteiger partial charge in [0, 0.05) is 31.7 Å².